The maximum Gasteiger partial charge on any atom is 0.254 e. The molecule has 4 atom stereocenters. The minimum absolute atomic E-state index is 0.0314. The molecule has 8 heteroatoms. The number of methoxy groups -OCH3 is 1. The van der Waals surface area contributed by atoms with Crippen molar-refractivity contribution in [2.75, 3.05) is 33.4 Å². The number of aliphatic hydroxyl groups excluding tert-OH is 1. The number of carbonyl (C=O) groups is 1. The predicted molar refractivity (Wildman–Crippen MR) is 171 cm³/mol. The van der Waals surface area contributed by atoms with E-state index >= 15 is 0 Å². The number of aliphatic hydroxyl groups is 1. The van der Waals surface area contributed by atoms with E-state index in [2.05, 4.69) is 54.8 Å². The van der Waals surface area contributed by atoms with Crippen molar-refractivity contribution in [2.24, 2.45) is 17.3 Å². The fourth-order valence-electron chi connectivity index (χ4n) is 7.80. The number of likely N-dealkylation sites (tertiary alicyclic amines) is 1. The van der Waals surface area contributed by atoms with Gasteiger partial charge in [0.05, 0.1) is 24.4 Å². The summed E-state index contributed by atoms with van der Waals surface area (Å²) in [7, 11) is 1.61. The predicted octanol–water partition coefficient (Wildman–Crippen LogP) is 5.81. The molecule has 3 fully saturated rings. The van der Waals surface area contributed by atoms with Gasteiger partial charge in [-0.05, 0) is 68.7 Å². The Kier molecular flexibility index (Phi) is 7.93. The minimum Gasteiger partial charge on any atom is -0.496 e. The lowest BCUT2D eigenvalue weighted by molar-refractivity contribution is 0.0751. The first-order chi connectivity index (χ1) is 21.9. The van der Waals surface area contributed by atoms with E-state index < -0.39 is 5.41 Å². The van der Waals surface area contributed by atoms with Crippen molar-refractivity contribution in [3.8, 4) is 23.1 Å². The van der Waals surface area contributed by atoms with Gasteiger partial charge in [0.25, 0.3) is 5.91 Å². The zero-order valence-electron chi connectivity index (χ0n) is 26.1. The number of benzene rings is 1. The second-order valence-electron chi connectivity index (χ2n) is 13.3. The van der Waals surface area contributed by atoms with Gasteiger partial charge in [-0.1, -0.05) is 37.3 Å². The summed E-state index contributed by atoms with van der Waals surface area (Å²) in [4.78, 5) is 15.3. The second kappa shape index (κ2) is 12.0. The van der Waals surface area contributed by atoms with E-state index in [9.17, 15) is 15.2 Å². The first-order valence-corrected chi connectivity index (χ1v) is 16.2. The van der Waals surface area contributed by atoms with Gasteiger partial charge < -0.3 is 29.2 Å². The molecule has 3 aliphatic carbocycles. The number of carbonyl (C=O) groups excluding carboxylic acids is 1. The Labute approximate surface area is 264 Å². The van der Waals surface area contributed by atoms with Gasteiger partial charge in [-0.2, -0.15) is 5.26 Å². The van der Waals surface area contributed by atoms with Crippen LogP contribution in [0, 0.1) is 28.6 Å². The average molecular weight is 608 g/mol. The number of hydrogen-bond donors (Lipinski definition) is 2. The van der Waals surface area contributed by atoms with Crippen molar-refractivity contribution in [1.82, 2.24) is 10.2 Å². The van der Waals surface area contributed by atoms with E-state index in [0.29, 0.717) is 47.7 Å². The van der Waals surface area contributed by atoms with Crippen LogP contribution in [-0.2, 0) is 11.2 Å². The zero-order chi connectivity index (χ0) is 31.1. The van der Waals surface area contributed by atoms with Gasteiger partial charge in [0, 0.05) is 66.1 Å². The molecule has 2 aliphatic heterocycles. The average Bonchev–Trinajstić information content (AvgIpc) is 3.74. The maximum absolute atomic E-state index is 13.4. The molecule has 0 spiro atoms. The van der Waals surface area contributed by atoms with Crippen LogP contribution in [0.4, 0.5) is 0 Å². The smallest absolute Gasteiger partial charge is 0.254 e. The normalized spacial score (nSPS) is 27.9. The van der Waals surface area contributed by atoms with Crippen LogP contribution < -0.4 is 10.1 Å². The molecule has 1 aromatic heterocycles. The number of furan rings is 1. The van der Waals surface area contributed by atoms with Gasteiger partial charge >= 0.3 is 0 Å². The molecule has 2 aromatic rings. The number of nitrogens with one attached hydrogen (secondary N) is 1. The van der Waals surface area contributed by atoms with Crippen LogP contribution in [0.3, 0.4) is 0 Å². The first kappa shape index (κ1) is 29.6. The van der Waals surface area contributed by atoms with Crippen molar-refractivity contribution in [3.05, 3.63) is 82.8 Å². The highest BCUT2D eigenvalue weighted by molar-refractivity contribution is 5.96. The molecule has 2 saturated heterocycles. The SMILES string of the molecule is COc1cc(C(=O)N2CC3CCC(O)C3C2)ccc1-c1cc2c(o1)C(C1(C)C=C(C#N)C(NC3CCOCC3)=CC1)=CC=CC2. The van der Waals surface area contributed by atoms with Gasteiger partial charge in [0.15, 0.2) is 0 Å². The highest BCUT2D eigenvalue weighted by Crippen LogP contribution is 2.48. The molecule has 1 amide bonds. The Morgan fingerprint density at radius 1 is 1.18 bits per heavy atom. The molecule has 1 aromatic carbocycles. The van der Waals surface area contributed by atoms with Crippen LogP contribution in [0.5, 0.6) is 5.75 Å². The lowest BCUT2D eigenvalue weighted by Crippen LogP contribution is -2.36. The zero-order valence-corrected chi connectivity index (χ0v) is 26.1. The summed E-state index contributed by atoms with van der Waals surface area (Å²) in [5.41, 5.74) is 4.56. The number of fused-ring (bicyclic) bond motifs is 2. The van der Waals surface area contributed by atoms with E-state index in [4.69, 9.17) is 13.9 Å². The Balaban J connectivity index is 1.14. The molecular formula is C37H41N3O5. The molecule has 0 bridgehead atoms. The quantitative estimate of drug-likeness (QED) is 0.427. The number of hydrogen-bond acceptors (Lipinski definition) is 7. The van der Waals surface area contributed by atoms with E-state index in [1.54, 1.807) is 13.2 Å². The Bertz CT molecular complexity index is 1650. The highest BCUT2D eigenvalue weighted by atomic mass is 16.5. The van der Waals surface area contributed by atoms with Crippen LogP contribution in [-0.4, -0.2) is 61.5 Å². The highest BCUT2D eigenvalue weighted by Gasteiger charge is 2.43. The van der Waals surface area contributed by atoms with Crippen LogP contribution in [0.1, 0.15) is 60.7 Å². The van der Waals surface area contributed by atoms with Gasteiger partial charge in [-0.3, -0.25) is 4.79 Å². The number of ether oxygens (including phenoxy) is 2. The van der Waals surface area contributed by atoms with E-state index in [0.717, 1.165) is 79.9 Å². The summed E-state index contributed by atoms with van der Waals surface area (Å²) >= 11 is 0. The van der Waals surface area contributed by atoms with Crippen LogP contribution in [0.2, 0.25) is 0 Å². The molecule has 7 rings (SSSR count). The van der Waals surface area contributed by atoms with Crippen molar-refractivity contribution in [1.29, 1.82) is 5.26 Å². The standard InChI is InChI=1S/C37H41N3O5/c1-37(14-11-31(26(19-37)20-38)39-27-12-15-44-16-13-27)30-6-4-3-5-23-17-34(45-35(23)30)28-9-7-24(18-33(28)43-2)36(42)40-21-25-8-10-32(41)29(25)22-40/h3-4,6-7,9,11,17-19,25,27,29,32,39,41H,5,8,10,12-16,21-22H2,1-2H3. The summed E-state index contributed by atoms with van der Waals surface area (Å²) in [6, 6.07) is 10.4. The summed E-state index contributed by atoms with van der Waals surface area (Å²) in [6.07, 6.45) is 15.4. The van der Waals surface area contributed by atoms with Crippen molar-refractivity contribution >= 4 is 11.5 Å². The summed E-state index contributed by atoms with van der Waals surface area (Å²) < 4.78 is 18.0. The Hall–Kier alpha value is -4.06. The summed E-state index contributed by atoms with van der Waals surface area (Å²) in [6.45, 7) is 4.94. The molecule has 8 nitrogen and oxygen atoms in total. The lowest BCUT2D eigenvalue weighted by Gasteiger charge is -2.33. The van der Waals surface area contributed by atoms with Crippen molar-refractivity contribution < 1.29 is 23.8 Å². The third-order valence-corrected chi connectivity index (χ3v) is 10.4. The molecule has 234 valence electrons. The third kappa shape index (κ3) is 5.53. The largest absolute Gasteiger partial charge is 0.496 e. The minimum atomic E-state index is -0.438. The Morgan fingerprint density at radius 2 is 2.02 bits per heavy atom. The van der Waals surface area contributed by atoms with Crippen molar-refractivity contribution in [2.45, 2.75) is 57.6 Å². The van der Waals surface area contributed by atoms with Crippen LogP contribution in [0.15, 0.2) is 70.3 Å². The van der Waals surface area contributed by atoms with E-state index in [1.165, 1.54) is 0 Å². The number of nitriles is 1. The molecule has 5 aliphatic rings. The molecule has 45 heavy (non-hydrogen) atoms. The van der Waals surface area contributed by atoms with Crippen LogP contribution in [0.25, 0.3) is 16.9 Å². The molecular weight excluding hydrogens is 566 g/mol. The van der Waals surface area contributed by atoms with Gasteiger partial charge in [-0.15, -0.1) is 0 Å². The molecule has 1 saturated carbocycles. The fourth-order valence-corrected chi connectivity index (χ4v) is 7.80. The summed E-state index contributed by atoms with van der Waals surface area (Å²) in [5.74, 6) is 2.60. The second-order valence-corrected chi connectivity index (χ2v) is 13.3. The third-order valence-electron chi connectivity index (χ3n) is 10.4. The number of amides is 1. The number of rotatable bonds is 6. The van der Waals surface area contributed by atoms with Gasteiger partial charge in [0.2, 0.25) is 0 Å². The Morgan fingerprint density at radius 3 is 2.80 bits per heavy atom. The van der Waals surface area contributed by atoms with Gasteiger partial charge in [-0.25, -0.2) is 0 Å². The lowest BCUT2D eigenvalue weighted by atomic mass is 9.73. The molecule has 4 unspecified atom stereocenters. The number of allylic oxidation sites excluding steroid dienone is 7. The van der Waals surface area contributed by atoms with Gasteiger partial charge in [0.1, 0.15) is 23.3 Å². The van der Waals surface area contributed by atoms with Crippen LogP contribution >= 0.6 is 0 Å². The molecule has 0 radical (unpaired) electrons. The molecule has 2 N–H and O–H groups in total. The number of nitrogens with zero attached hydrogens (tertiary/aromatic N) is 2. The van der Waals surface area contributed by atoms with E-state index in [-0.39, 0.29) is 17.9 Å². The monoisotopic (exact) mass is 607 g/mol. The maximum atomic E-state index is 13.4. The first-order valence-electron chi connectivity index (χ1n) is 16.2. The fraction of sp³-hybridized carbons (Fsp3) is 0.459. The topological polar surface area (TPSA) is 108 Å². The van der Waals surface area contributed by atoms with Crippen molar-refractivity contribution in [3.63, 3.8) is 0 Å². The summed E-state index contributed by atoms with van der Waals surface area (Å²) in [5, 5.41) is 24.0. The molecule has 3 heterocycles. The van der Waals surface area contributed by atoms with E-state index in [1.807, 2.05) is 17.0 Å².